The molecule has 2 aromatic rings. The molecule has 0 bridgehead atoms. The van der Waals surface area contributed by atoms with Crippen LogP contribution in [0.2, 0.25) is 0 Å². The molecule has 5 heteroatoms. The lowest BCUT2D eigenvalue weighted by molar-refractivity contribution is 0.584. The van der Waals surface area contributed by atoms with Crippen LogP contribution in [0, 0.1) is 0 Å². The first-order chi connectivity index (χ1) is 9.17. The fourth-order valence-corrected chi connectivity index (χ4v) is 2.86. The summed E-state index contributed by atoms with van der Waals surface area (Å²) < 4.78 is 3.12. The SMILES string of the molecule is CCc1nn(CC)c(CC(N)c2cccnc2)c1Br. The van der Waals surface area contributed by atoms with E-state index >= 15 is 0 Å². The molecule has 0 aliphatic carbocycles. The average molecular weight is 323 g/mol. The molecule has 0 aliphatic heterocycles. The summed E-state index contributed by atoms with van der Waals surface area (Å²) in [5.74, 6) is 0. The van der Waals surface area contributed by atoms with Crippen LogP contribution >= 0.6 is 15.9 Å². The Bertz CT molecular complexity index is 536. The molecule has 0 aromatic carbocycles. The molecule has 0 saturated carbocycles. The summed E-state index contributed by atoms with van der Waals surface area (Å²) in [6.07, 6.45) is 5.26. The van der Waals surface area contributed by atoms with Crippen LogP contribution < -0.4 is 5.73 Å². The third kappa shape index (κ3) is 3.04. The van der Waals surface area contributed by atoms with Crippen molar-refractivity contribution in [2.24, 2.45) is 5.73 Å². The number of nitrogens with two attached hydrogens (primary N) is 1. The van der Waals surface area contributed by atoms with Gasteiger partial charge in [-0.1, -0.05) is 13.0 Å². The zero-order valence-electron chi connectivity index (χ0n) is 11.3. The number of aromatic nitrogens is 3. The maximum atomic E-state index is 6.27. The fraction of sp³-hybridized carbons (Fsp3) is 0.429. The summed E-state index contributed by atoms with van der Waals surface area (Å²) in [6.45, 7) is 5.06. The summed E-state index contributed by atoms with van der Waals surface area (Å²) in [6, 6.07) is 3.87. The molecule has 0 amide bonds. The normalized spacial score (nSPS) is 12.6. The minimum atomic E-state index is -0.0586. The van der Waals surface area contributed by atoms with E-state index in [0.717, 1.165) is 40.8 Å². The molecule has 2 heterocycles. The zero-order valence-corrected chi connectivity index (χ0v) is 12.9. The van der Waals surface area contributed by atoms with E-state index in [9.17, 15) is 0 Å². The summed E-state index contributed by atoms with van der Waals surface area (Å²) in [7, 11) is 0. The molecular formula is C14H19BrN4. The van der Waals surface area contributed by atoms with Gasteiger partial charge in [-0.25, -0.2) is 0 Å². The Morgan fingerprint density at radius 2 is 2.21 bits per heavy atom. The van der Waals surface area contributed by atoms with Crippen LogP contribution in [-0.2, 0) is 19.4 Å². The first kappa shape index (κ1) is 14.2. The maximum Gasteiger partial charge on any atom is 0.0766 e. The van der Waals surface area contributed by atoms with Gasteiger partial charge in [-0.2, -0.15) is 5.10 Å². The van der Waals surface area contributed by atoms with Crippen LogP contribution in [0.5, 0.6) is 0 Å². The van der Waals surface area contributed by atoms with Crippen molar-refractivity contribution in [2.45, 2.75) is 39.3 Å². The van der Waals surface area contributed by atoms with Gasteiger partial charge < -0.3 is 5.73 Å². The molecule has 1 atom stereocenters. The second-order valence-electron chi connectivity index (χ2n) is 4.47. The molecule has 102 valence electrons. The largest absolute Gasteiger partial charge is 0.324 e. The minimum absolute atomic E-state index is 0.0586. The van der Waals surface area contributed by atoms with E-state index in [1.165, 1.54) is 0 Å². The second kappa shape index (κ2) is 6.30. The van der Waals surface area contributed by atoms with E-state index < -0.39 is 0 Å². The first-order valence-corrected chi connectivity index (χ1v) is 7.36. The van der Waals surface area contributed by atoms with Crippen LogP contribution in [0.3, 0.4) is 0 Å². The predicted octanol–water partition coefficient (Wildman–Crippen LogP) is 2.87. The van der Waals surface area contributed by atoms with E-state index in [1.54, 1.807) is 6.20 Å². The predicted molar refractivity (Wildman–Crippen MR) is 79.8 cm³/mol. The third-order valence-electron chi connectivity index (χ3n) is 3.22. The van der Waals surface area contributed by atoms with Crippen molar-refractivity contribution in [3.8, 4) is 0 Å². The molecule has 0 aliphatic rings. The van der Waals surface area contributed by atoms with Gasteiger partial charge in [0.25, 0.3) is 0 Å². The minimum Gasteiger partial charge on any atom is -0.324 e. The highest BCUT2D eigenvalue weighted by atomic mass is 79.9. The van der Waals surface area contributed by atoms with Gasteiger partial charge in [0.2, 0.25) is 0 Å². The Balaban J connectivity index is 2.26. The number of pyridine rings is 1. The standard InChI is InChI=1S/C14H19BrN4/c1-3-12-14(15)13(19(4-2)18-12)8-11(16)10-6-5-7-17-9-10/h5-7,9,11H,3-4,8,16H2,1-2H3. The number of halogens is 1. The second-order valence-corrected chi connectivity index (χ2v) is 5.27. The number of aryl methyl sites for hydroxylation is 2. The lowest BCUT2D eigenvalue weighted by atomic mass is 10.0. The lowest BCUT2D eigenvalue weighted by Crippen LogP contribution is -2.16. The van der Waals surface area contributed by atoms with Crippen molar-refractivity contribution in [2.75, 3.05) is 0 Å². The Morgan fingerprint density at radius 1 is 1.42 bits per heavy atom. The third-order valence-corrected chi connectivity index (χ3v) is 4.14. The number of nitrogens with zero attached hydrogens (tertiary/aromatic N) is 3. The molecule has 0 radical (unpaired) electrons. The fourth-order valence-electron chi connectivity index (χ4n) is 2.13. The van der Waals surface area contributed by atoms with Crippen LogP contribution in [0.1, 0.15) is 36.8 Å². The van der Waals surface area contributed by atoms with E-state index in [1.807, 2.05) is 23.0 Å². The van der Waals surface area contributed by atoms with Crippen LogP contribution in [0.25, 0.3) is 0 Å². The van der Waals surface area contributed by atoms with Gasteiger partial charge in [0, 0.05) is 31.4 Å². The molecule has 2 rings (SSSR count). The molecule has 0 fully saturated rings. The quantitative estimate of drug-likeness (QED) is 0.920. The summed E-state index contributed by atoms with van der Waals surface area (Å²) in [5, 5.41) is 4.59. The number of hydrogen-bond donors (Lipinski definition) is 1. The van der Waals surface area contributed by atoms with Crippen molar-refractivity contribution in [3.05, 3.63) is 46.0 Å². The van der Waals surface area contributed by atoms with Gasteiger partial charge >= 0.3 is 0 Å². The molecular weight excluding hydrogens is 304 g/mol. The highest BCUT2D eigenvalue weighted by molar-refractivity contribution is 9.10. The molecule has 19 heavy (non-hydrogen) atoms. The molecule has 4 nitrogen and oxygen atoms in total. The van der Waals surface area contributed by atoms with Gasteiger partial charge in [0.05, 0.1) is 15.9 Å². The highest BCUT2D eigenvalue weighted by Gasteiger charge is 2.17. The van der Waals surface area contributed by atoms with Crippen LogP contribution in [0.15, 0.2) is 29.0 Å². The van der Waals surface area contributed by atoms with Gasteiger partial charge in [-0.3, -0.25) is 9.67 Å². The van der Waals surface area contributed by atoms with Gasteiger partial charge in [0.1, 0.15) is 0 Å². The lowest BCUT2D eigenvalue weighted by Gasteiger charge is -2.13. The summed E-state index contributed by atoms with van der Waals surface area (Å²) in [5.41, 5.74) is 9.58. The molecule has 2 N–H and O–H groups in total. The Morgan fingerprint density at radius 3 is 2.79 bits per heavy atom. The Kier molecular flexibility index (Phi) is 4.71. The van der Waals surface area contributed by atoms with E-state index in [4.69, 9.17) is 5.73 Å². The molecule has 0 spiro atoms. The maximum absolute atomic E-state index is 6.27. The van der Waals surface area contributed by atoms with Crippen LogP contribution in [-0.4, -0.2) is 14.8 Å². The molecule has 0 saturated heterocycles. The Hall–Kier alpha value is -1.20. The number of rotatable bonds is 5. The highest BCUT2D eigenvalue weighted by Crippen LogP contribution is 2.26. The van der Waals surface area contributed by atoms with Crippen molar-refractivity contribution >= 4 is 15.9 Å². The van der Waals surface area contributed by atoms with Gasteiger partial charge in [-0.05, 0) is 40.9 Å². The Labute approximate surface area is 122 Å². The molecule has 1 unspecified atom stereocenters. The monoisotopic (exact) mass is 322 g/mol. The van der Waals surface area contributed by atoms with Crippen LogP contribution in [0.4, 0.5) is 0 Å². The first-order valence-electron chi connectivity index (χ1n) is 6.56. The van der Waals surface area contributed by atoms with Crippen molar-refractivity contribution in [1.82, 2.24) is 14.8 Å². The van der Waals surface area contributed by atoms with Crippen molar-refractivity contribution in [3.63, 3.8) is 0 Å². The van der Waals surface area contributed by atoms with E-state index in [2.05, 4.69) is 39.9 Å². The zero-order chi connectivity index (χ0) is 13.8. The van der Waals surface area contributed by atoms with Gasteiger partial charge in [0.15, 0.2) is 0 Å². The smallest absolute Gasteiger partial charge is 0.0766 e. The average Bonchev–Trinajstić information content (AvgIpc) is 2.76. The van der Waals surface area contributed by atoms with Crippen molar-refractivity contribution < 1.29 is 0 Å². The summed E-state index contributed by atoms with van der Waals surface area (Å²) in [4.78, 5) is 4.12. The van der Waals surface area contributed by atoms with E-state index in [0.29, 0.717) is 0 Å². The topological polar surface area (TPSA) is 56.7 Å². The molecule has 2 aromatic heterocycles. The van der Waals surface area contributed by atoms with Gasteiger partial charge in [-0.15, -0.1) is 0 Å². The number of hydrogen-bond acceptors (Lipinski definition) is 3. The van der Waals surface area contributed by atoms with Crippen molar-refractivity contribution in [1.29, 1.82) is 0 Å². The summed E-state index contributed by atoms with van der Waals surface area (Å²) >= 11 is 3.65. The van der Waals surface area contributed by atoms with E-state index in [-0.39, 0.29) is 6.04 Å².